The van der Waals surface area contributed by atoms with Gasteiger partial charge in [0, 0.05) is 13.1 Å². The number of hydrogen-bond acceptors (Lipinski definition) is 5. The van der Waals surface area contributed by atoms with E-state index in [0.29, 0.717) is 41.3 Å². The predicted octanol–water partition coefficient (Wildman–Crippen LogP) is 5.07. The minimum Gasteiger partial charge on any atom is -0.283 e. The van der Waals surface area contributed by atoms with Gasteiger partial charge in [0.05, 0.1) is 27.6 Å². The predicted molar refractivity (Wildman–Crippen MR) is 135 cm³/mol. The number of fused-ring (bicyclic) bond motifs is 1. The van der Waals surface area contributed by atoms with Crippen LogP contribution in [-0.2, 0) is 21.4 Å². The molecule has 4 aromatic rings. The third-order valence-corrected chi connectivity index (χ3v) is 9.05. The van der Waals surface area contributed by atoms with Gasteiger partial charge in [-0.1, -0.05) is 59.9 Å². The maximum absolute atomic E-state index is 13.9. The molecule has 2 heterocycles. The highest BCUT2D eigenvalue weighted by atomic mass is 32.2. The Kier molecular flexibility index (Phi) is 6.64. The van der Waals surface area contributed by atoms with Crippen LogP contribution < -0.4 is 4.90 Å². The van der Waals surface area contributed by atoms with Crippen LogP contribution in [0, 0.1) is 11.7 Å². The molecule has 6 nitrogen and oxygen atoms in total. The van der Waals surface area contributed by atoms with Crippen molar-refractivity contribution in [3.8, 4) is 0 Å². The lowest BCUT2D eigenvalue weighted by molar-refractivity contribution is -0.123. The Morgan fingerprint density at radius 2 is 1.77 bits per heavy atom. The van der Waals surface area contributed by atoms with E-state index in [-0.39, 0.29) is 23.2 Å². The number of amides is 1. The Balaban J connectivity index is 1.45. The summed E-state index contributed by atoms with van der Waals surface area (Å²) < 4.78 is 42.2. The number of carbonyl (C=O) groups excluding carboxylic acids is 1. The number of benzene rings is 3. The van der Waals surface area contributed by atoms with Gasteiger partial charge in [-0.15, -0.1) is 0 Å². The SMILES string of the molecule is O=C(C1CCCN(S(=O)(=O)c2ccccc2)C1)N(Cc1ccccc1)c1nc2ccc(F)cc2s1. The zero-order chi connectivity index (χ0) is 24.4. The van der Waals surface area contributed by atoms with Gasteiger partial charge in [-0.25, -0.2) is 17.8 Å². The van der Waals surface area contributed by atoms with Crippen LogP contribution in [-0.4, -0.2) is 36.7 Å². The fourth-order valence-electron chi connectivity index (χ4n) is 4.33. The van der Waals surface area contributed by atoms with Crippen molar-refractivity contribution in [2.24, 2.45) is 5.92 Å². The summed E-state index contributed by atoms with van der Waals surface area (Å²) >= 11 is 1.26. The van der Waals surface area contributed by atoms with Crippen LogP contribution in [0.4, 0.5) is 9.52 Å². The summed E-state index contributed by atoms with van der Waals surface area (Å²) in [4.78, 5) is 20.3. The molecule has 35 heavy (non-hydrogen) atoms. The number of hydrogen-bond donors (Lipinski definition) is 0. The molecule has 1 unspecified atom stereocenters. The Hall–Kier alpha value is -3.14. The molecule has 180 valence electrons. The molecule has 0 N–H and O–H groups in total. The van der Waals surface area contributed by atoms with Gasteiger partial charge in [0.15, 0.2) is 5.13 Å². The number of carbonyl (C=O) groups is 1. The minimum absolute atomic E-state index is 0.112. The lowest BCUT2D eigenvalue weighted by Gasteiger charge is -2.33. The first kappa shape index (κ1) is 23.6. The standard InChI is InChI=1S/C26H24FN3O3S2/c27-21-13-14-23-24(16-21)34-26(28-23)30(17-19-8-3-1-4-9-19)25(31)20-10-7-15-29(18-20)35(32,33)22-11-5-2-6-12-22/h1-6,8-9,11-14,16,20H,7,10,15,17-18H2. The highest BCUT2D eigenvalue weighted by Crippen LogP contribution is 2.33. The number of aromatic nitrogens is 1. The van der Waals surface area contributed by atoms with Gasteiger partial charge in [0.1, 0.15) is 5.82 Å². The molecule has 1 saturated heterocycles. The highest BCUT2D eigenvalue weighted by Gasteiger charge is 2.36. The minimum atomic E-state index is -3.70. The molecule has 0 aliphatic carbocycles. The molecule has 0 spiro atoms. The topological polar surface area (TPSA) is 70.6 Å². The first-order valence-corrected chi connectivity index (χ1v) is 13.6. The molecule has 0 bridgehead atoms. The van der Waals surface area contributed by atoms with Gasteiger partial charge < -0.3 is 0 Å². The Morgan fingerprint density at radius 1 is 1.06 bits per heavy atom. The van der Waals surface area contributed by atoms with Crippen LogP contribution in [0.2, 0.25) is 0 Å². The number of halogens is 1. The molecule has 1 aliphatic heterocycles. The second-order valence-electron chi connectivity index (χ2n) is 8.53. The van der Waals surface area contributed by atoms with Crippen LogP contribution in [0.1, 0.15) is 18.4 Å². The normalized spacial score (nSPS) is 16.9. The second kappa shape index (κ2) is 9.85. The molecule has 1 fully saturated rings. The maximum Gasteiger partial charge on any atom is 0.243 e. The quantitative estimate of drug-likeness (QED) is 0.364. The molecule has 0 radical (unpaired) electrons. The van der Waals surface area contributed by atoms with Gasteiger partial charge >= 0.3 is 0 Å². The van der Waals surface area contributed by atoms with Crippen LogP contribution in [0.5, 0.6) is 0 Å². The van der Waals surface area contributed by atoms with E-state index in [2.05, 4.69) is 4.98 Å². The van der Waals surface area contributed by atoms with Crippen molar-refractivity contribution in [2.75, 3.05) is 18.0 Å². The zero-order valence-corrected chi connectivity index (χ0v) is 20.5. The van der Waals surface area contributed by atoms with Gasteiger partial charge in [-0.2, -0.15) is 4.31 Å². The molecule has 3 aromatic carbocycles. The second-order valence-corrected chi connectivity index (χ2v) is 11.5. The Labute approximate surface area is 207 Å². The average molecular weight is 510 g/mol. The summed E-state index contributed by atoms with van der Waals surface area (Å²) in [5.74, 6) is -1.04. The fraction of sp³-hybridized carbons (Fsp3) is 0.231. The third-order valence-electron chi connectivity index (χ3n) is 6.13. The smallest absolute Gasteiger partial charge is 0.243 e. The molecule has 9 heteroatoms. The van der Waals surface area contributed by atoms with Crippen molar-refractivity contribution >= 4 is 42.6 Å². The first-order valence-electron chi connectivity index (χ1n) is 11.4. The van der Waals surface area contributed by atoms with E-state index in [1.165, 1.54) is 27.8 Å². The van der Waals surface area contributed by atoms with E-state index < -0.39 is 15.9 Å². The fourth-order valence-corrected chi connectivity index (χ4v) is 6.87. The van der Waals surface area contributed by atoms with Crippen molar-refractivity contribution < 1.29 is 17.6 Å². The summed E-state index contributed by atoms with van der Waals surface area (Å²) in [6.07, 6.45) is 1.18. The van der Waals surface area contributed by atoms with Gasteiger partial charge in [-0.3, -0.25) is 9.69 Å². The zero-order valence-electron chi connectivity index (χ0n) is 18.9. The summed E-state index contributed by atoms with van der Waals surface area (Å²) in [6, 6.07) is 22.2. The number of piperidine rings is 1. The Morgan fingerprint density at radius 3 is 2.51 bits per heavy atom. The van der Waals surface area contributed by atoms with E-state index in [0.717, 1.165) is 5.56 Å². The number of anilines is 1. The van der Waals surface area contributed by atoms with Crippen molar-refractivity contribution in [1.29, 1.82) is 0 Å². The Bertz CT molecular complexity index is 1440. The summed E-state index contributed by atoms with van der Waals surface area (Å²) in [7, 11) is -3.70. The highest BCUT2D eigenvalue weighted by molar-refractivity contribution is 7.89. The molecule has 1 aliphatic rings. The number of rotatable bonds is 6. The lowest BCUT2D eigenvalue weighted by atomic mass is 9.98. The van der Waals surface area contributed by atoms with E-state index >= 15 is 0 Å². The number of sulfonamides is 1. The average Bonchev–Trinajstić information content (AvgIpc) is 3.31. The van der Waals surface area contributed by atoms with Crippen molar-refractivity contribution in [1.82, 2.24) is 9.29 Å². The van der Waals surface area contributed by atoms with E-state index in [4.69, 9.17) is 0 Å². The summed E-state index contributed by atoms with van der Waals surface area (Å²) in [5, 5.41) is 0.475. The molecular weight excluding hydrogens is 485 g/mol. The van der Waals surface area contributed by atoms with E-state index in [9.17, 15) is 17.6 Å². The number of nitrogens with zero attached hydrogens (tertiary/aromatic N) is 3. The van der Waals surface area contributed by atoms with Crippen LogP contribution in [0.25, 0.3) is 10.2 Å². The maximum atomic E-state index is 13.9. The van der Waals surface area contributed by atoms with Gasteiger partial charge in [0.2, 0.25) is 15.9 Å². The third kappa shape index (κ3) is 4.98. The van der Waals surface area contributed by atoms with E-state index in [1.807, 2.05) is 30.3 Å². The molecule has 0 saturated carbocycles. The number of thiazole rings is 1. The van der Waals surface area contributed by atoms with Crippen LogP contribution in [0.3, 0.4) is 0 Å². The van der Waals surface area contributed by atoms with Gasteiger partial charge in [-0.05, 0) is 48.7 Å². The van der Waals surface area contributed by atoms with Crippen LogP contribution >= 0.6 is 11.3 Å². The van der Waals surface area contributed by atoms with E-state index in [1.54, 1.807) is 41.3 Å². The first-order chi connectivity index (χ1) is 16.9. The van der Waals surface area contributed by atoms with Crippen molar-refractivity contribution in [3.63, 3.8) is 0 Å². The molecule has 1 amide bonds. The summed E-state index contributed by atoms with van der Waals surface area (Å²) in [5.41, 5.74) is 1.55. The molecule has 5 rings (SSSR count). The molecule has 1 aromatic heterocycles. The largest absolute Gasteiger partial charge is 0.283 e. The monoisotopic (exact) mass is 509 g/mol. The lowest BCUT2D eigenvalue weighted by Crippen LogP contribution is -2.46. The van der Waals surface area contributed by atoms with Gasteiger partial charge in [0.25, 0.3) is 0 Å². The molecule has 1 atom stereocenters. The van der Waals surface area contributed by atoms with Crippen molar-refractivity contribution in [3.05, 3.63) is 90.2 Å². The summed E-state index contributed by atoms with van der Waals surface area (Å²) in [6.45, 7) is 0.783. The van der Waals surface area contributed by atoms with Crippen LogP contribution in [0.15, 0.2) is 83.8 Å². The van der Waals surface area contributed by atoms with Crippen molar-refractivity contribution in [2.45, 2.75) is 24.3 Å². The molecular formula is C26H24FN3O3S2.